The molecular weight excluding hydrogens is 629 g/mol. The van der Waals surface area contributed by atoms with Gasteiger partial charge in [0.15, 0.2) is 0 Å². The molecule has 0 heterocycles. The van der Waals surface area contributed by atoms with E-state index in [2.05, 4.69) is 152 Å². The van der Waals surface area contributed by atoms with Gasteiger partial charge in [-0.05, 0) is 48.7 Å². The molecule has 0 fully saturated rings. The van der Waals surface area contributed by atoms with Crippen molar-refractivity contribution >= 4 is 60.3 Å². The average Bonchev–Trinajstić information content (AvgIpc) is 3.20. The van der Waals surface area contributed by atoms with E-state index in [1.54, 1.807) is 0 Å². The van der Waals surface area contributed by atoms with Crippen molar-refractivity contribution in [1.29, 1.82) is 5.26 Å². The predicted octanol–water partition coefficient (Wildman–Crippen LogP) is 4.62. The van der Waals surface area contributed by atoms with Gasteiger partial charge in [0.1, 0.15) is 0 Å². The van der Waals surface area contributed by atoms with Crippen LogP contribution in [-0.2, 0) is 8.69 Å². The summed E-state index contributed by atoms with van der Waals surface area (Å²) in [4.78, 5) is 0. The highest BCUT2D eigenvalue weighted by Gasteiger charge is 2.50. The van der Waals surface area contributed by atoms with Crippen LogP contribution in [0.5, 0.6) is 0 Å². The molecule has 0 atom stereocenters. The van der Waals surface area contributed by atoms with Crippen LogP contribution in [0.4, 0.5) is 0 Å². The monoisotopic (exact) mass is 663 g/mol. The van der Waals surface area contributed by atoms with Crippen LogP contribution in [0.2, 0.25) is 0 Å². The van der Waals surface area contributed by atoms with Crippen molar-refractivity contribution < 1.29 is 8.69 Å². The summed E-state index contributed by atoms with van der Waals surface area (Å²) >= 11 is 0. The molecule has 0 aliphatic heterocycles. The molecule has 7 rings (SSSR count). The van der Waals surface area contributed by atoms with Crippen molar-refractivity contribution in [2.45, 2.75) is 0 Å². The highest BCUT2D eigenvalue weighted by Crippen LogP contribution is 2.18. The first kappa shape index (κ1) is 32.0. The topological polar surface area (TPSA) is 42.2 Å². The van der Waals surface area contributed by atoms with Gasteiger partial charge < -0.3 is 8.69 Å². The lowest BCUT2D eigenvalue weighted by Crippen LogP contribution is -2.76. The summed E-state index contributed by atoms with van der Waals surface area (Å²) in [6.45, 7) is 0. The Hall–Kier alpha value is -5.55. The molecule has 0 spiro atoms. The van der Waals surface area contributed by atoms with Crippen LogP contribution in [-0.4, -0.2) is 23.8 Å². The van der Waals surface area contributed by atoms with Gasteiger partial charge in [0.05, 0.1) is 11.6 Å². The first-order valence-corrected chi connectivity index (χ1v) is 20.2. The van der Waals surface area contributed by atoms with Gasteiger partial charge >= 0.3 is 7.12 Å². The lowest BCUT2D eigenvalue weighted by atomic mass is 9.79. The van der Waals surface area contributed by atoms with E-state index in [0.29, 0.717) is 5.56 Å². The van der Waals surface area contributed by atoms with Gasteiger partial charge in [-0.2, -0.15) is 5.26 Å². The maximum absolute atomic E-state index is 10.1. The zero-order valence-corrected chi connectivity index (χ0v) is 29.0. The highest BCUT2D eigenvalue weighted by molar-refractivity contribution is 7.13. The van der Waals surface area contributed by atoms with E-state index in [-0.39, 0.29) is 0 Å². The van der Waals surface area contributed by atoms with Crippen LogP contribution in [0.15, 0.2) is 206 Å². The molecule has 0 saturated carbocycles. The van der Waals surface area contributed by atoms with E-state index < -0.39 is 23.8 Å². The number of hydrogen-bond donors (Lipinski definition) is 0. The lowest BCUT2D eigenvalue weighted by Gasteiger charge is -2.40. The minimum atomic E-state index is -3.29. The lowest BCUT2D eigenvalue weighted by molar-refractivity contribution is 0.453. The number of rotatable bonds is 11. The van der Waals surface area contributed by atoms with E-state index in [0.717, 1.165) is 36.6 Å². The van der Waals surface area contributed by atoms with E-state index in [1.807, 2.05) is 60.7 Å². The van der Waals surface area contributed by atoms with Gasteiger partial charge in [-0.15, -0.1) is 0 Å². The third-order valence-electron chi connectivity index (χ3n) is 8.94. The Bertz CT molecular complexity index is 1810. The van der Waals surface area contributed by atoms with Crippen LogP contribution in [0.1, 0.15) is 5.56 Å². The third-order valence-corrected chi connectivity index (χ3v) is 17.0. The van der Waals surface area contributed by atoms with Crippen molar-refractivity contribution in [1.82, 2.24) is 0 Å². The van der Waals surface area contributed by atoms with Crippen molar-refractivity contribution in [3.63, 3.8) is 0 Å². The van der Waals surface area contributed by atoms with Gasteiger partial charge in [-0.25, -0.2) is 0 Å². The first-order chi connectivity index (χ1) is 24.2. The minimum absolute atomic E-state index is 0.549. The normalized spacial score (nSPS) is 11.4. The van der Waals surface area contributed by atoms with Gasteiger partial charge in [0.25, 0.3) is 16.6 Å². The predicted molar refractivity (Wildman–Crippen MR) is 207 cm³/mol. The highest BCUT2D eigenvalue weighted by atomic mass is 28.4. The zero-order chi connectivity index (χ0) is 33.4. The molecule has 234 valence electrons. The number of hydrogen-bond acceptors (Lipinski definition) is 3. The van der Waals surface area contributed by atoms with E-state index in [9.17, 15) is 5.26 Å². The Morgan fingerprint density at radius 1 is 0.367 bits per heavy atom. The Labute approximate surface area is 291 Å². The van der Waals surface area contributed by atoms with E-state index >= 15 is 0 Å². The standard InChI is InChI=1S/C43H34BNO2Si2/c45-35-36-20-19-21-37(34-36)44(46-48(38-22-7-1-8-23-38,39-24-9-2-10-25-39)40-26-11-3-12-27-40)47-49(41-28-13-4-14-29-41,42-30-15-5-16-31-42)43-32-17-6-18-33-43/h1-34H. The van der Waals surface area contributed by atoms with Crippen LogP contribution in [0.25, 0.3) is 0 Å². The van der Waals surface area contributed by atoms with Gasteiger partial charge in [-0.3, -0.25) is 0 Å². The molecule has 0 radical (unpaired) electrons. The summed E-state index contributed by atoms with van der Waals surface area (Å²) in [5.41, 5.74) is 1.34. The van der Waals surface area contributed by atoms with Crippen molar-refractivity contribution in [3.8, 4) is 6.07 Å². The molecule has 6 heteroatoms. The molecule has 0 unspecified atom stereocenters. The second kappa shape index (κ2) is 14.7. The molecule has 0 bridgehead atoms. The largest absolute Gasteiger partial charge is 0.473 e. The van der Waals surface area contributed by atoms with Crippen LogP contribution >= 0.6 is 0 Å². The fraction of sp³-hybridized carbons (Fsp3) is 0. The number of nitriles is 1. The quantitative estimate of drug-likeness (QED) is 0.150. The molecule has 3 nitrogen and oxygen atoms in total. The van der Waals surface area contributed by atoms with Gasteiger partial charge in [0, 0.05) is 0 Å². The summed E-state index contributed by atoms with van der Waals surface area (Å²) in [6.07, 6.45) is 0. The van der Waals surface area contributed by atoms with Crippen molar-refractivity contribution in [2.75, 3.05) is 0 Å². The average molecular weight is 664 g/mol. The molecule has 0 N–H and O–H groups in total. The summed E-state index contributed by atoms with van der Waals surface area (Å²) in [7, 11) is -7.42. The first-order valence-electron chi connectivity index (χ1n) is 16.4. The summed E-state index contributed by atoms with van der Waals surface area (Å²) < 4.78 is 15.7. The fourth-order valence-corrected chi connectivity index (χ4v) is 14.6. The maximum Gasteiger partial charge on any atom is 0.473 e. The van der Waals surface area contributed by atoms with Crippen molar-refractivity contribution in [3.05, 3.63) is 212 Å². The van der Waals surface area contributed by atoms with Gasteiger partial charge in [-0.1, -0.05) is 194 Å². The van der Waals surface area contributed by atoms with Crippen LogP contribution in [0, 0.1) is 11.3 Å². The summed E-state index contributed by atoms with van der Waals surface area (Å²) in [5.74, 6) is 0. The Morgan fingerprint density at radius 3 is 0.918 bits per heavy atom. The number of nitrogens with zero attached hydrogens (tertiary/aromatic N) is 1. The minimum Gasteiger partial charge on any atom is -0.440 e. The Kier molecular flexibility index (Phi) is 9.60. The van der Waals surface area contributed by atoms with Gasteiger partial charge in [0.2, 0.25) is 0 Å². The molecule has 0 saturated heterocycles. The molecule has 7 aromatic carbocycles. The fourth-order valence-electron chi connectivity index (χ4n) is 6.68. The zero-order valence-electron chi connectivity index (χ0n) is 27.0. The molecular formula is C43H34BNO2Si2. The number of benzene rings is 7. The smallest absolute Gasteiger partial charge is 0.440 e. The third kappa shape index (κ3) is 6.37. The summed E-state index contributed by atoms with van der Waals surface area (Å²) in [6, 6.07) is 73.3. The Morgan fingerprint density at radius 2 is 0.653 bits per heavy atom. The SMILES string of the molecule is N#Cc1cccc(B(O[Si](c2ccccc2)(c2ccccc2)c2ccccc2)O[Si](c2ccccc2)(c2ccccc2)c2ccccc2)c1. The molecule has 0 aromatic heterocycles. The summed E-state index contributed by atoms with van der Waals surface area (Å²) in [5, 5.41) is 16.7. The van der Waals surface area contributed by atoms with Crippen LogP contribution < -0.4 is 36.6 Å². The molecule has 7 aromatic rings. The molecule has 0 aliphatic rings. The van der Waals surface area contributed by atoms with E-state index in [1.165, 1.54) is 0 Å². The molecule has 0 aliphatic carbocycles. The second-order valence-corrected chi connectivity index (χ2v) is 18.5. The van der Waals surface area contributed by atoms with Crippen molar-refractivity contribution in [2.24, 2.45) is 0 Å². The second-order valence-electron chi connectivity index (χ2n) is 11.9. The van der Waals surface area contributed by atoms with E-state index in [4.69, 9.17) is 8.69 Å². The van der Waals surface area contributed by atoms with Crippen LogP contribution in [0.3, 0.4) is 0 Å². The Balaban J connectivity index is 1.54. The molecule has 49 heavy (non-hydrogen) atoms. The maximum atomic E-state index is 10.1. The molecule has 0 amide bonds.